The molecule has 9 heteroatoms. The number of benzene rings is 3. The SMILES string of the molecule is O=C(NS(=O)(=O)CCCO)c1ccc(-c2ccc(CCNC[C@H](O)c3ccccc3)cc2)cc1OC1CCCCC1. The lowest BCUT2D eigenvalue weighted by Gasteiger charge is -2.24. The third-order valence-corrected chi connectivity index (χ3v) is 8.61. The molecular formula is C32H40N2O6S. The van der Waals surface area contributed by atoms with Gasteiger partial charge < -0.3 is 20.3 Å². The van der Waals surface area contributed by atoms with Crippen LogP contribution in [0.4, 0.5) is 0 Å². The van der Waals surface area contributed by atoms with Gasteiger partial charge in [0, 0.05) is 13.2 Å². The summed E-state index contributed by atoms with van der Waals surface area (Å²) in [6, 6.07) is 23.0. The summed E-state index contributed by atoms with van der Waals surface area (Å²) < 4.78 is 33.0. The highest BCUT2D eigenvalue weighted by Gasteiger charge is 2.23. The van der Waals surface area contributed by atoms with E-state index in [0.717, 1.165) is 67.3 Å². The number of ether oxygens (including phenoxy) is 1. The first-order valence-corrected chi connectivity index (χ1v) is 16.0. The van der Waals surface area contributed by atoms with Gasteiger partial charge in [-0.1, -0.05) is 67.1 Å². The van der Waals surface area contributed by atoms with E-state index in [9.17, 15) is 18.3 Å². The lowest BCUT2D eigenvalue weighted by Crippen LogP contribution is -2.33. The average Bonchev–Trinajstić information content (AvgIpc) is 2.99. The van der Waals surface area contributed by atoms with Crippen LogP contribution in [0.1, 0.15) is 66.1 Å². The Labute approximate surface area is 242 Å². The lowest BCUT2D eigenvalue weighted by atomic mass is 9.97. The number of carbonyl (C=O) groups is 1. The van der Waals surface area contributed by atoms with Crippen LogP contribution in [0.25, 0.3) is 11.1 Å². The fraction of sp³-hybridized carbons (Fsp3) is 0.406. The van der Waals surface area contributed by atoms with Crippen molar-refractivity contribution in [2.75, 3.05) is 25.4 Å². The van der Waals surface area contributed by atoms with E-state index < -0.39 is 22.0 Å². The van der Waals surface area contributed by atoms with Crippen LogP contribution in [0.5, 0.6) is 5.75 Å². The summed E-state index contributed by atoms with van der Waals surface area (Å²) in [4.78, 5) is 13.0. The molecule has 0 aliphatic heterocycles. The number of nitrogens with one attached hydrogen (secondary N) is 2. The van der Waals surface area contributed by atoms with E-state index in [-0.39, 0.29) is 30.4 Å². The number of rotatable bonds is 14. The summed E-state index contributed by atoms with van der Waals surface area (Å²) in [7, 11) is -3.87. The van der Waals surface area contributed by atoms with Crippen LogP contribution in [0.15, 0.2) is 72.8 Å². The maximum absolute atomic E-state index is 13.0. The number of hydrogen-bond donors (Lipinski definition) is 4. The second kappa shape index (κ2) is 15.1. The molecule has 0 heterocycles. The fourth-order valence-corrected chi connectivity index (χ4v) is 5.98. The fourth-order valence-electron chi connectivity index (χ4n) is 4.98. The van der Waals surface area contributed by atoms with Crippen molar-refractivity contribution in [2.45, 2.75) is 57.2 Å². The first-order chi connectivity index (χ1) is 19.8. The molecule has 41 heavy (non-hydrogen) atoms. The Morgan fingerprint density at radius 3 is 2.37 bits per heavy atom. The Kier molecular flexibility index (Phi) is 11.3. The third-order valence-electron chi connectivity index (χ3n) is 7.29. The predicted octanol–water partition coefficient (Wildman–Crippen LogP) is 4.37. The number of hydrogen-bond acceptors (Lipinski definition) is 7. The van der Waals surface area contributed by atoms with E-state index in [0.29, 0.717) is 12.3 Å². The quantitative estimate of drug-likeness (QED) is 0.209. The molecule has 0 aromatic heterocycles. The highest BCUT2D eigenvalue weighted by Crippen LogP contribution is 2.31. The maximum atomic E-state index is 13.0. The van der Waals surface area contributed by atoms with E-state index in [1.807, 2.05) is 48.5 Å². The molecule has 1 fully saturated rings. The Morgan fingerprint density at radius 2 is 1.66 bits per heavy atom. The van der Waals surface area contributed by atoms with Gasteiger partial charge in [-0.25, -0.2) is 13.1 Å². The van der Waals surface area contributed by atoms with Crippen molar-refractivity contribution in [2.24, 2.45) is 0 Å². The standard InChI is InChI=1S/C32H40N2O6S/c35-20-7-21-41(38,39)34-32(37)29-17-16-27(22-31(29)40-28-10-5-2-6-11-28)25-14-12-24(13-15-25)18-19-33-23-30(36)26-8-3-1-4-9-26/h1,3-4,8-9,12-17,22,28,30,33,35-36H,2,5-7,10-11,18-21,23H2,(H,34,37)/t30-/m0/s1. The largest absolute Gasteiger partial charge is 0.490 e. The number of sulfonamides is 1. The Morgan fingerprint density at radius 1 is 0.951 bits per heavy atom. The van der Waals surface area contributed by atoms with E-state index in [1.54, 1.807) is 12.1 Å². The number of aliphatic hydroxyl groups excluding tert-OH is 2. The third kappa shape index (κ3) is 9.39. The molecule has 1 saturated carbocycles. The molecule has 1 aliphatic carbocycles. The summed E-state index contributed by atoms with van der Waals surface area (Å²) in [5.74, 6) is -0.697. The Balaban J connectivity index is 1.42. The molecule has 3 aromatic carbocycles. The van der Waals surface area contributed by atoms with Crippen LogP contribution >= 0.6 is 0 Å². The topological polar surface area (TPSA) is 125 Å². The minimum atomic E-state index is -3.87. The molecule has 8 nitrogen and oxygen atoms in total. The van der Waals surface area contributed by atoms with Crippen molar-refractivity contribution in [3.63, 3.8) is 0 Å². The van der Waals surface area contributed by atoms with Gasteiger partial charge in [-0.3, -0.25) is 4.79 Å². The van der Waals surface area contributed by atoms with Crippen molar-refractivity contribution in [3.8, 4) is 16.9 Å². The minimum absolute atomic E-state index is 0.0215. The van der Waals surface area contributed by atoms with E-state index in [2.05, 4.69) is 22.2 Å². The Bertz CT molecular complexity index is 1360. The van der Waals surface area contributed by atoms with Crippen molar-refractivity contribution in [3.05, 3.63) is 89.5 Å². The van der Waals surface area contributed by atoms with Crippen LogP contribution in [0, 0.1) is 0 Å². The molecule has 3 aromatic rings. The normalized spacial score (nSPS) is 14.9. The summed E-state index contributed by atoms with van der Waals surface area (Å²) in [5, 5.41) is 22.6. The molecule has 1 atom stereocenters. The first kappa shape index (κ1) is 30.7. The monoisotopic (exact) mass is 580 g/mol. The first-order valence-electron chi connectivity index (χ1n) is 14.3. The molecule has 1 amide bonds. The second-order valence-electron chi connectivity index (χ2n) is 10.5. The molecule has 1 aliphatic rings. The zero-order chi connectivity index (χ0) is 29.1. The van der Waals surface area contributed by atoms with Gasteiger partial charge in [-0.2, -0.15) is 0 Å². The second-order valence-corrected chi connectivity index (χ2v) is 12.3. The van der Waals surface area contributed by atoms with E-state index in [1.165, 1.54) is 0 Å². The smallest absolute Gasteiger partial charge is 0.268 e. The Hall–Kier alpha value is -3.24. The zero-order valence-corrected chi connectivity index (χ0v) is 24.1. The van der Waals surface area contributed by atoms with Crippen molar-refractivity contribution in [1.82, 2.24) is 10.0 Å². The van der Waals surface area contributed by atoms with Gasteiger partial charge in [-0.15, -0.1) is 0 Å². The number of aliphatic hydroxyl groups is 2. The summed E-state index contributed by atoms with van der Waals surface area (Å²) in [6.45, 7) is 0.939. The minimum Gasteiger partial charge on any atom is -0.490 e. The van der Waals surface area contributed by atoms with Crippen LogP contribution in [0.2, 0.25) is 0 Å². The lowest BCUT2D eigenvalue weighted by molar-refractivity contribution is 0.0969. The van der Waals surface area contributed by atoms with E-state index >= 15 is 0 Å². The van der Waals surface area contributed by atoms with Gasteiger partial charge in [0.05, 0.1) is 23.5 Å². The summed E-state index contributed by atoms with van der Waals surface area (Å²) >= 11 is 0. The zero-order valence-electron chi connectivity index (χ0n) is 23.3. The molecule has 4 N–H and O–H groups in total. The van der Waals surface area contributed by atoms with Crippen molar-refractivity contribution in [1.29, 1.82) is 0 Å². The molecule has 0 bridgehead atoms. The predicted molar refractivity (Wildman–Crippen MR) is 160 cm³/mol. The van der Waals surface area contributed by atoms with Gasteiger partial charge >= 0.3 is 0 Å². The molecule has 220 valence electrons. The van der Waals surface area contributed by atoms with Gasteiger partial charge in [0.25, 0.3) is 5.91 Å². The van der Waals surface area contributed by atoms with Gasteiger partial charge in [0.1, 0.15) is 5.75 Å². The maximum Gasteiger partial charge on any atom is 0.268 e. The molecule has 4 rings (SSSR count). The van der Waals surface area contributed by atoms with Crippen LogP contribution in [-0.2, 0) is 16.4 Å². The van der Waals surface area contributed by atoms with Crippen molar-refractivity contribution >= 4 is 15.9 Å². The van der Waals surface area contributed by atoms with Crippen LogP contribution < -0.4 is 14.8 Å². The molecular weight excluding hydrogens is 540 g/mol. The molecule has 0 saturated heterocycles. The van der Waals surface area contributed by atoms with Gasteiger partial charge in [0.2, 0.25) is 10.0 Å². The molecule has 0 radical (unpaired) electrons. The molecule has 0 unspecified atom stereocenters. The van der Waals surface area contributed by atoms with E-state index in [4.69, 9.17) is 9.84 Å². The van der Waals surface area contributed by atoms with Crippen molar-refractivity contribution < 1.29 is 28.2 Å². The van der Waals surface area contributed by atoms with Crippen LogP contribution in [-0.4, -0.2) is 56.1 Å². The van der Waals surface area contributed by atoms with Gasteiger partial charge in [0.15, 0.2) is 0 Å². The summed E-state index contributed by atoms with van der Waals surface area (Å²) in [6.07, 6.45) is 5.35. The molecule has 0 spiro atoms. The highest BCUT2D eigenvalue weighted by molar-refractivity contribution is 7.90. The van der Waals surface area contributed by atoms with Crippen LogP contribution in [0.3, 0.4) is 0 Å². The average molecular weight is 581 g/mol. The summed E-state index contributed by atoms with van der Waals surface area (Å²) in [5.41, 5.74) is 4.04. The highest BCUT2D eigenvalue weighted by atomic mass is 32.2. The number of carbonyl (C=O) groups excluding carboxylic acids is 1. The number of amides is 1. The van der Waals surface area contributed by atoms with Gasteiger partial charge in [-0.05, 0) is 79.5 Å².